The van der Waals surface area contributed by atoms with Crippen molar-refractivity contribution in [3.8, 4) is 0 Å². The Morgan fingerprint density at radius 3 is 2.57 bits per heavy atom. The summed E-state index contributed by atoms with van der Waals surface area (Å²) >= 11 is 0. The normalized spacial score (nSPS) is 52.6. The summed E-state index contributed by atoms with van der Waals surface area (Å²) in [6.45, 7) is 5.13. The fourth-order valence-electron chi connectivity index (χ4n) is 7.46. The molecular formula is C21H35NO. The molecule has 2 nitrogen and oxygen atoms in total. The van der Waals surface area contributed by atoms with Crippen molar-refractivity contribution in [3.05, 3.63) is 11.6 Å². The van der Waals surface area contributed by atoms with Crippen molar-refractivity contribution in [1.82, 2.24) is 4.90 Å². The third-order valence-electron chi connectivity index (χ3n) is 8.65. The molecule has 0 radical (unpaired) electrons. The summed E-state index contributed by atoms with van der Waals surface area (Å²) in [6, 6.07) is 0.778. The van der Waals surface area contributed by atoms with Gasteiger partial charge in [-0.2, -0.15) is 0 Å². The van der Waals surface area contributed by atoms with Crippen LogP contribution in [0.3, 0.4) is 0 Å². The summed E-state index contributed by atoms with van der Waals surface area (Å²) in [7, 11) is 4.57. The van der Waals surface area contributed by atoms with E-state index in [-0.39, 0.29) is 6.10 Å². The first-order chi connectivity index (χ1) is 10.9. The Morgan fingerprint density at radius 2 is 1.83 bits per heavy atom. The van der Waals surface area contributed by atoms with Crippen LogP contribution in [-0.4, -0.2) is 36.2 Å². The maximum absolute atomic E-state index is 10.1. The summed E-state index contributed by atoms with van der Waals surface area (Å²) in [5, 5.41) is 10.1. The van der Waals surface area contributed by atoms with Gasteiger partial charge in [-0.3, -0.25) is 0 Å². The molecule has 0 saturated heterocycles. The minimum absolute atomic E-state index is 0.0793. The molecule has 0 aromatic rings. The van der Waals surface area contributed by atoms with E-state index in [0.717, 1.165) is 36.6 Å². The number of allylic oxidation sites excluding steroid dienone is 1. The van der Waals surface area contributed by atoms with Gasteiger partial charge in [0, 0.05) is 6.04 Å². The van der Waals surface area contributed by atoms with Crippen LogP contribution in [0.25, 0.3) is 0 Å². The highest BCUT2D eigenvalue weighted by molar-refractivity contribution is 5.25. The first-order valence-electron chi connectivity index (χ1n) is 9.90. The van der Waals surface area contributed by atoms with Crippen LogP contribution in [0.15, 0.2) is 11.6 Å². The molecule has 4 aliphatic rings. The molecule has 0 spiro atoms. The Hall–Kier alpha value is -0.340. The van der Waals surface area contributed by atoms with Gasteiger partial charge in [-0.15, -0.1) is 0 Å². The smallest absolute Gasteiger partial charge is 0.0577 e. The van der Waals surface area contributed by atoms with Gasteiger partial charge in [-0.1, -0.05) is 25.5 Å². The van der Waals surface area contributed by atoms with Crippen LogP contribution in [0.4, 0.5) is 0 Å². The largest absolute Gasteiger partial charge is 0.393 e. The minimum Gasteiger partial charge on any atom is -0.393 e. The van der Waals surface area contributed by atoms with Gasteiger partial charge in [-0.25, -0.2) is 0 Å². The van der Waals surface area contributed by atoms with Crippen LogP contribution in [0.1, 0.15) is 65.2 Å². The van der Waals surface area contributed by atoms with Crippen LogP contribution in [0, 0.1) is 28.6 Å². The highest BCUT2D eigenvalue weighted by Gasteiger charge is 2.58. The number of fused-ring (bicyclic) bond motifs is 5. The Kier molecular flexibility index (Phi) is 3.74. The first-order valence-corrected chi connectivity index (χ1v) is 9.90. The number of rotatable bonds is 1. The van der Waals surface area contributed by atoms with Gasteiger partial charge >= 0.3 is 0 Å². The number of hydrogen-bond donors (Lipinski definition) is 1. The van der Waals surface area contributed by atoms with Crippen molar-refractivity contribution in [2.75, 3.05) is 14.1 Å². The molecule has 23 heavy (non-hydrogen) atoms. The monoisotopic (exact) mass is 317 g/mol. The number of nitrogens with zero attached hydrogens (tertiary/aromatic N) is 1. The van der Waals surface area contributed by atoms with E-state index in [0.29, 0.717) is 10.8 Å². The molecule has 3 fully saturated rings. The zero-order valence-electron chi connectivity index (χ0n) is 15.5. The van der Waals surface area contributed by atoms with Crippen molar-refractivity contribution in [2.24, 2.45) is 28.6 Å². The highest BCUT2D eigenvalue weighted by Crippen LogP contribution is 2.65. The van der Waals surface area contributed by atoms with Crippen LogP contribution in [0.2, 0.25) is 0 Å². The quantitative estimate of drug-likeness (QED) is 0.731. The number of aliphatic hydroxyl groups excluding tert-OH is 1. The summed E-state index contributed by atoms with van der Waals surface area (Å²) in [5.41, 5.74) is 2.52. The molecule has 0 aliphatic heterocycles. The van der Waals surface area contributed by atoms with Crippen molar-refractivity contribution >= 4 is 0 Å². The van der Waals surface area contributed by atoms with Crippen LogP contribution in [0.5, 0.6) is 0 Å². The standard InChI is InChI=1S/C21H35NO/c1-20-11-9-15(23)13-14(20)5-6-16-17-7-8-19(22(3)4)21(17,2)12-10-18(16)20/h5,15-19,23H,6-13H2,1-4H3/t15-,16+,17+,18+,19+,20-,21-/m0/s1. The topological polar surface area (TPSA) is 23.5 Å². The van der Waals surface area contributed by atoms with E-state index >= 15 is 0 Å². The molecule has 4 aliphatic carbocycles. The van der Waals surface area contributed by atoms with E-state index in [9.17, 15) is 5.11 Å². The predicted octanol–water partition coefficient (Wildman–Crippen LogP) is 4.24. The fraction of sp³-hybridized carbons (Fsp3) is 0.905. The van der Waals surface area contributed by atoms with Gasteiger partial charge in [0.25, 0.3) is 0 Å². The Balaban J connectivity index is 1.65. The average molecular weight is 318 g/mol. The Morgan fingerprint density at radius 1 is 1.04 bits per heavy atom. The van der Waals surface area contributed by atoms with E-state index in [1.165, 1.54) is 38.5 Å². The second-order valence-corrected chi connectivity index (χ2v) is 9.76. The first kappa shape index (κ1) is 16.1. The molecular weight excluding hydrogens is 282 g/mol. The van der Waals surface area contributed by atoms with Gasteiger partial charge in [0.1, 0.15) is 0 Å². The molecule has 0 amide bonds. The van der Waals surface area contributed by atoms with Gasteiger partial charge in [0.05, 0.1) is 6.10 Å². The summed E-state index contributed by atoms with van der Waals surface area (Å²) < 4.78 is 0. The van der Waals surface area contributed by atoms with Gasteiger partial charge in [-0.05, 0) is 94.0 Å². The molecule has 1 N–H and O–H groups in total. The molecule has 0 bridgehead atoms. The van der Waals surface area contributed by atoms with E-state index in [1.807, 2.05) is 0 Å². The van der Waals surface area contributed by atoms with E-state index < -0.39 is 0 Å². The van der Waals surface area contributed by atoms with E-state index in [2.05, 4.69) is 38.9 Å². The maximum atomic E-state index is 10.1. The summed E-state index contributed by atoms with van der Waals surface area (Å²) in [4.78, 5) is 2.50. The zero-order valence-corrected chi connectivity index (χ0v) is 15.5. The highest BCUT2D eigenvalue weighted by atomic mass is 16.3. The van der Waals surface area contributed by atoms with Gasteiger partial charge < -0.3 is 10.0 Å². The average Bonchev–Trinajstić information content (AvgIpc) is 2.85. The third-order valence-corrected chi connectivity index (χ3v) is 8.65. The Labute approximate surface area is 142 Å². The maximum Gasteiger partial charge on any atom is 0.0577 e. The SMILES string of the molecule is CN(C)[C@@H]1CC[C@@H]2[C@H]3CC=C4C[C@@H](O)CC[C@]4(C)[C@@H]3CC[C@@]21C. The third kappa shape index (κ3) is 2.20. The van der Waals surface area contributed by atoms with Crippen molar-refractivity contribution in [3.63, 3.8) is 0 Å². The molecule has 3 saturated carbocycles. The zero-order chi connectivity index (χ0) is 16.4. The number of hydrogen-bond acceptors (Lipinski definition) is 2. The minimum atomic E-state index is -0.0793. The lowest BCUT2D eigenvalue weighted by atomic mass is 9.48. The fourth-order valence-corrected chi connectivity index (χ4v) is 7.46. The molecule has 0 aromatic heterocycles. The van der Waals surface area contributed by atoms with Crippen LogP contribution < -0.4 is 0 Å². The second-order valence-electron chi connectivity index (χ2n) is 9.76. The van der Waals surface area contributed by atoms with Crippen molar-refractivity contribution in [2.45, 2.75) is 77.4 Å². The molecule has 2 heteroatoms. The van der Waals surface area contributed by atoms with Crippen molar-refractivity contribution < 1.29 is 5.11 Å². The predicted molar refractivity (Wildman–Crippen MR) is 95.2 cm³/mol. The number of aliphatic hydroxyl groups is 1. The second kappa shape index (κ2) is 5.33. The molecule has 0 heterocycles. The van der Waals surface area contributed by atoms with E-state index in [1.54, 1.807) is 5.57 Å². The lowest BCUT2D eigenvalue weighted by Crippen LogP contribution is -2.53. The molecule has 7 atom stereocenters. The summed E-state index contributed by atoms with van der Waals surface area (Å²) in [5.74, 6) is 2.67. The molecule has 0 unspecified atom stereocenters. The van der Waals surface area contributed by atoms with Crippen LogP contribution >= 0.6 is 0 Å². The lowest BCUT2D eigenvalue weighted by molar-refractivity contribution is -0.0537. The van der Waals surface area contributed by atoms with Crippen LogP contribution in [-0.2, 0) is 0 Å². The molecule has 4 rings (SSSR count). The Bertz CT molecular complexity index is 512. The lowest BCUT2D eigenvalue weighted by Gasteiger charge is -2.58. The van der Waals surface area contributed by atoms with Crippen molar-refractivity contribution in [1.29, 1.82) is 0 Å². The summed E-state index contributed by atoms with van der Waals surface area (Å²) in [6.07, 6.45) is 12.6. The molecule has 130 valence electrons. The van der Waals surface area contributed by atoms with Gasteiger partial charge in [0.15, 0.2) is 0 Å². The van der Waals surface area contributed by atoms with Gasteiger partial charge in [0.2, 0.25) is 0 Å². The van der Waals surface area contributed by atoms with E-state index in [4.69, 9.17) is 0 Å². The molecule has 0 aromatic carbocycles.